The molecule has 0 unspecified atom stereocenters. The number of benzene rings is 1. The molecular weight excluding hydrogens is 322 g/mol. The largest absolute Gasteiger partial charge is 0.450 e. The maximum absolute atomic E-state index is 12.6. The van der Waals surface area contributed by atoms with Crippen LogP contribution in [0.4, 0.5) is 4.79 Å². The second-order valence-electron chi connectivity index (χ2n) is 5.77. The smallest absolute Gasteiger partial charge is 0.409 e. The van der Waals surface area contributed by atoms with Crippen LogP contribution in [0.3, 0.4) is 0 Å². The van der Waals surface area contributed by atoms with E-state index in [1.54, 1.807) is 27.7 Å². The number of carbonyl (C=O) groups excluding carboxylic acids is 2. The lowest BCUT2D eigenvalue weighted by Crippen LogP contribution is -2.50. The average molecular weight is 343 g/mol. The molecule has 0 bridgehead atoms. The summed E-state index contributed by atoms with van der Waals surface area (Å²) in [5.74, 6) is -0.0178. The van der Waals surface area contributed by atoms with Gasteiger partial charge in [0.2, 0.25) is 0 Å². The number of hydrogen-bond acceptors (Lipinski definition) is 5. The van der Waals surface area contributed by atoms with Gasteiger partial charge in [0.05, 0.1) is 13.2 Å². The fourth-order valence-corrected chi connectivity index (χ4v) is 2.74. The van der Waals surface area contributed by atoms with Gasteiger partial charge in [-0.15, -0.1) is 0 Å². The molecule has 0 radical (unpaired) electrons. The van der Waals surface area contributed by atoms with Crippen molar-refractivity contribution >= 4 is 12.0 Å². The highest BCUT2D eigenvalue weighted by atomic mass is 16.6. The minimum absolute atomic E-state index is 0.0178. The van der Waals surface area contributed by atoms with E-state index in [0.29, 0.717) is 44.9 Å². The lowest BCUT2D eigenvalue weighted by atomic mass is 10.1. The van der Waals surface area contributed by atoms with E-state index in [1.165, 1.54) is 6.33 Å². The van der Waals surface area contributed by atoms with Gasteiger partial charge in [-0.05, 0) is 24.6 Å². The molecule has 1 fully saturated rings. The number of nitrogens with zero attached hydrogens (tertiary/aromatic N) is 5. The molecule has 1 aromatic carbocycles. The summed E-state index contributed by atoms with van der Waals surface area (Å²) in [5.41, 5.74) is 1.70. The zero-order valence-corrected chi connectivity index (χ0v) is 14.2. The molecule has 3 rings (SSSR count). The SMILES string of the molecule is CCOC(=O)N1CCN(C(=O)c2ccc(Cn3cncn3)cc2)CC1. The summed E-state index contributed by atoms with van der Waals surface area (Å²) >= 11 is 0. The van der Waals surface area contributed by atoms with Crippen molar-refractivity contribution in [1.82, 2.24) is 24.6 Å². The highest BCUT2D eigenvalue weighted by Crippen LogP contribution is 2.12. The van der Waals surface area contributed by atoms with Crippen LogP contribution in [0, 0.1) is 0 Å². The molecule has 132 valence electrons. The molecule has 0 spiro atoms. The van der Waals surface area contributed by atoms with Crippen molar-refractivity contribution in [3.05, 3.63) is 48.0 Å². The van der Waals surface area contributed by atoms with Crippen molar-refractivity contribution in [3.63, 3.8) is 0 Å². The van der Waals surface area contributed by atoms with Crippen LogP contribution in [0.25, 0.3) is 0 Å². The van der Waals surface area contributed by atoms with E-state index in [1.807, 2.05) is 24.3 Å². The summed E-state index contributed by atoms with van der Waals surface area (Å²) in [7, 11) is 0. The summed E-state index contributed by atoms with van der Waals surface area (Å²) < 4.78 is 6.72. The van der Waals surface area contributed by atoms with Gasteiger partial charge in [-0.2, -0.15) is 5.10 Å². The average Bonchev–Trinajstić information content (AvgIpc) is 3.15. The molecule has 0 atom stereocenters. The Balaban J connectivity index is 1.55. The molecule has 8 nitrogen and oxygen atoms in total. The van der Waals surface area contributed by atoms with Gasteiger partial charge in [0, 0.05) is 31.7 Å². The fraction of sp³-hybridized carbons (Fsp3) is 0.412. The van der Waals surface area contributed by atoms with Gasteiger partial charge < -0.3 is 14.5 Å². The Morgan fingerprint density at radius 1 is 1.08 bits per heavy atom. The summed E-state index contributed by atoms with van der Waals surface area (Å²) in [5, 5.41) is 4.06. The van der Waals surface area contributed by atoms with Gasteiger partial charge >= 0.3 is 6.09 Å². The van der Waals surface area contributed by atoms with Gasteiger partial charge in [-0.25, -0.2) is 14.5 Å². The number of carbonyl (C=O) groups is 2. The maximum Gasteiger partial charge on any atom is 0.409 e. The summed E-state index contributed by atoms with van der Waals surface area (Å²) in [6.45, 7) is 4.77. The van der Waals surface area contributed by atoms with Gasteiger partial charge in [0.15, 0.2) is 0 Å². The topological polar surface area (TPSA) is 80.6 Å². The van der Waals surface area contributed by atoms with Crippen molar-refractivity contribution in [2.24, 2.45) is 0 Å². The van der Waals surface area contributed by atoms with Gasteiger partial charge in [-0.1, -0.05) is 12.1 Å². The number of aromatic nitrogens is 3. The number of piperazine rings is 1. The molecule has 0 saturated carbocycles. The molecular formula is C17H21N5O3. The zero-order chi connectivity index (χ0) is 17.6. The van der Waals surface area contributed by atoms with Gasteiger partial charge in [-0.3, -0.25) is 4.79 Å². The number of hydrogen-bond donors (Lipinski definition) is 0. The third-order valence-electron chi connectivity index (χ3n) is 4.10. The normalized spacial score (nSPS) is 14.4. The molecule has 8 heteroatoms. The Kier molecular flexibility index (Phi) is 5.27. The molecule has 1 aromatic heterocycles. The van der Waals surface area contributed by atoms with Crippen molar-refractivity contribution in [2.45, 2.75) is 13.5 Å². The predicted octanol–water partition coefficient (Wildman–Crippen LogP) is 1.24. The Hall–Kier alpha value is -2.90. The van der Waals surface area contributed by atoms with E-state index in [9.17, 15) is 9.59 Å². The fourth-order valence-electron chi connectivity index (χ4n) is 2.74. The van der Waals surface area contributed by atoms with Crippen molar-refractivity contribution in [2.75, 3.05) is 32.8 Å². The van der Waals surface area contributed by atoms with Crippen LogP contribution >= 0.6 is 0 Å². The lowest BCUT2D eigenvalue weighted by molar-refractivity contribution is 0.0570. The van der Waals surface area contributed by atoms with E-state index in [4.69, 9.17) is 4.74 Å². The van der Waals surface area contributed by atoms with Crippen molar-refractivity contribution < 1.29 is 14.3 Å². The van der Waals surface area contributed by atoms with Crippen molar-refractivity contribution in [3.8, 4) is 0 Å². The highest BCUT2D eigenvalue weighted by molar-refractivity contribution is 5.94. The van der Waals surface area contributed by atoms with Gasteiger partial charge in [0.1, 0.15) is 12.7 Å². The molecule has 2 aromatic rings. The van der Waals surface area contributed by atoms with Crippen LogP contribution in [-0.4, -0.2) is 69.4 Å². The summed E-state index contributed by atoms with van der Waals surface area (Å²) in [6.07, 6.45) is 2.84. The monoisotopic (exact) mass is 343 g/mol. The number of amides is 2. The first kappa shape index (κ1) is 16.9. The predicted molar refractivity (Wildman–Crippen MR) is 90.1 cm³/mol. The van der Waals surface area contributed by atoms with Crippen LogP contribution in [0.15, 0.2) is 36.9 Å². The second-order valence-corrected chi connectivity index (χ2v) is 5.77. The Labute approximate surface area is 146 Å². The minimum atomic E-state index is -0.313. The van der Waals surface area contributed by atoms with E-state index >= 15 is 0 Å². The summed E-state index contributed by atoms with van der Waals surface area (Å²) in [6, 6.07) is 7.49. The first-order valence-electron chi connectivity index (χ1n) is 8.29. The summed E-state index contributed by atoms with van der Waals surface area (Å²) in [4.78, 5) is 31.6. The molecule has 0 aliphatic carbocycles. The molecule has 2 amide bonds. The lowest BCUT2D eigenvalue weighted by Gasteiger charge is -2.34. The minimum Gasteiger partial charge on any atom is -0.450 e. The maximum atomic E-state index is 12.6. The van der Waals surface area contributed by atoms with Crippen LogP contribution in [0.5, 0.6) is 0 Å². The molecule has 2 heterocycles. The highest BCUT2D eigenvalue weighted by Gasteiger charge is 2.25. The Morgan fingerprint density at radius 2 is 1.76 bits per heavy atom. The molecule has 1 aliphatic heterocycles. The van der Waals surface area contributed by atoms with Crippen molar-refractivity contribution in [1.29, 1.82) is 0 Å². The third kappa shape index (κ3) is 4.14. The first-order valence-corrected chi connectivity index (χ1v) is 8.29. The molecule has 25 heavy (non-hydrogen) atoms. The Bertz CT molecular complexity index is 706. The van der Waals surface area contributed by atoms with Crippen LogP contribution < -0.4 is 0 Å². The van der Waals surface area contributed by atoms with Crippen LogP contribution in [0.2, 0.25) is 0 Å². The number of ether oxygens (including phenoxy) is 1. The van der Waals surface area contributed by atoms with Gasteiger partial charge in [0.25, 0.3) is 5.91 Å². The van der Waals surface area contributed by atoms with E-state index in [2.05, 4.69) is 10.1 Å². The number of rotatable bonds is 4. The van der Waals surface area contributed by atoms with E-state index in [-0.39, 0.29) is 12.0 Å². The molecule has 1 saturated heterocycles. The van der Waals surface area contributed by atoms with E-state index in [0.717, 1.165) is 5.56 Å². The first-order chi connectivity index (χ1) is 12.2. The van der Waals surface area contributed by atoms with E-state index < -0.39 is 0 Å². The second kappa shape index (κ2) is 7.78. The third-order valence-corrected chi connectivity index (χ3v) is 4.10. The Morgan fingerprint density at radius 3 is 2.36 bits per heavy atom. The van der Waals surface area contributed by atoms with Crippen LogP contribution in [-0.2, 0) is 11.3 Å². The standard InChI is InChI=1S/C17H21N5O3/c1-2-25-17(24)21-9-7-20(8-10-21)16(23)15-5-3-14(4-6-15)11-22-13-18-12-19-22/h3-6,12-13H,2,7-11H2,1H3. The van der Waals surface area contributed by atoms with Crippen LogP contribution in [0.1, 0.15) is 22.8 Å². The molecule has 1 aliphatic rings. The quantitative estimate of drug-likeness (QED) is 0.834. The zero-order valence-electron chi connectivity index (χ0n) is 14.2. The molecule has 0 N–H and O–H groups in total.